The molecule has 0 saturated carbocycles. The van der Waals surface area contributed by atoms with Crippen LogP contribution in [-0.4, -0.2) is 22.9 Å². The van der Waals surface area contributed by atoms with Gasteiger partial charge in [0.05, 0.1) is 4.43 Å². The molecule has 0 bridgehead atoms. The zero-order valence-electron chi connectivity index (χ0n) is 7.48. The number of rotatable bonds is 1. The zero-order chi connectivity index (χ0) is 9.40. The standard InChI is InChI=1S/C6H13N.C2H4INO/c1-6-4-2-3-5-7-6;3-1-2(4)5/h6-7H,2-5H2,1H3;1H2,(H2,4,5). The Balaban J connectivity index is 0.000000217. The lowest BCUT2D eigenvalue weighted by atomic mass is 10.1. The van der Waals surface area contributed by atoms with Crippen molar-refractivity contribution in [1.82, 2.24) is 5.32 Å². The van der Waals surface area contributed by atoms with E-state index in [2.05, 4.69) is 18.0 Å². The monoisotopic (exact) mass is 284 g/mol. The van der Waals surface area contributed by atoms with Crippen molar-refractivity contribution in [2.45, 2.75) is 32.2 Å². The second-order valence-electron chi connectivity index (χ2n) is 2.95. The highest BCUT2D eigenvalue weighted by Crippen LogP contribution is 2.04. The summed E-state index contributed by atoms with van der Waals surface area (Å²) in [5, 5.41) is 3.38. The van der Waals surface area contributed by atoms with Gasteiger partial charge < -0.3 is 11.1 Å². The van der Waals surface area contributed by atoms with Gasteiger partial charge in [0.15, 0.2) is 0 Å². The fourth-order valence-corrected chi connectivity index (χ4v) is 1.03. The molecule has 0 spiro atoms. The molecule has 1 heterocycles. The fourth-order valence-electron chi connectivity index (χ4n) is 1.03. The van der Waals surface area contributed by atoms with Gasteiger partial charge in [0.1, 0.15) is 0 Å². The number of hydrogen-bond acceptors (Lipinski definition) is 2. The lowest BCUT2D eigenvalue weighted by Gasteiger charge is -2.18. The van der Waals surface area contributed by atoms with Crippen LogP contribution in [0.25, 0.3) is 0 Å². The molecule has 1 aliphatic rings. The van der Waals surface area contributed by atoms with Crippen molar-refractivity contribution in [3.8, 4) is 0 Å². The summed E-state index contributed by atoms with van der Waals surface area (Å²) in [6.45, 7) is 3.49. The number of hydrogen-bond donors (Lipinski definition) is 2. The van der Waals surface area contributed by atoms with Gasteiger partial charge in [0, 0.05) is 6.04 Å². The summed E-state index contributed by atoms with van der Waals surface area (Å²) >= 11 is 1.90. The first kappa shape index (κ1) is 12.2. The van der Waals surface area contributed by atoms with E-state index < -0.39 is 0 Å². The molecule has 0 aromatic heterocycles. The third kappa shape index (κ3) is 8.26. The van der Waals surface area contributed by atoms with Crippen molar-refractivity contribution >= 4 is 28.5 Å². The largest absolute Gasteiger partial charge is 0.369 e. The molecule has 3 nitrogen and oxygen atoms in total. The number of amides is 1. The summed E-state index contributed by atoms with van der Waals surface area (Å²) in [5.74, 6) is -0.259. The number of piperidine rings is 1. The normalized spacial score (nSPS) is 22.3. The van der Waals surface area contributed by atoms with E-state index >= 15 is 0 Å². The highest BCUT2D eigenvalue weighted by atomic mass is 127. The first-order valence-corrected chi connectivity index (χ1v) is 5.77. The first-order chi connectivity index (χ1) is 5.66. The highest BCUT2D eigenvalue weighted by Gasteiger charge is 2.04. The molecule has 0 aromatic carbocycles. The van der Waals surface area contributed by atoms with E-state index in [9.17, 15) is 4.79 Å². The van der Waals surface area contributed by atoms with Gasteiger partial charge in [-0.1, -0.05) is 29.0 Å². The summed E-state index contributed by atoms with van der Waals surface area (Å²) in [5.41, 5.74) is 4.65. The number of nitrogens with one attached hydrogen (secondary N) is 1. The lowest BCUT2D eigenvalue weighted by Crippen LogP contribution is -2.30. The van der Waals surface area contributed by atoms with Crippen LogP contribution in [0.2, 0.25) is 0 Å². The predicted molar refractivity (Wildman–Crippen MR) is 59.4 cm³/mol. The Morgan fingerprint density at radius 1 is 1.67 bits per heavy atom. The van der Waals surface area contributed by atoms with Crippen molar-refractivity contribution in [3.05, 3.63) is 0 Å². The maximum Gasteiger partial charge on any atom is 0.227 e. The van der Waals surface area contributed by atoms with E-state index in [1.807, 2.05) is 22.6 Å². The molecule has 1 rings (SSSR count). The van der Waals surface area contributed by atoms with Gasteiger partial charge in [0.25, 0.3) is 0 Å². The zero-order valence-corrected chi connectivity index (χ0v) is 9.63. The molecule has 3 N–H and O–H groups in total. The molecule has 0 aromatic rings. The number of halogens is 1. The molecule has 0 aliphatic carbocycles. The van der Waals surface area contributed by atoms with Crippen LogP contribution in [0.1, 0.15) is 26.2 Å². The second kappa shape index (κ2) is 7.79. The van der Waals surface area contributed by atoms with E-state index in [-0.39, 0.29) is 5.91 Å². The molecule has 72 valence electrons. The molecule has 1 aliphatic heterocycles. The summed E-state index contributed by atoms with van der Waals surface area (Å²) in [6.07, 6.45) is 4.18. The van der Waals surface area contributed by atoms with E-state index in [1.165, 1.54) is 25.8 Å². The quantitative estimate of drug-likeness (QED) is 0.558. The van der Waals surface area contributed by atoms with Crippen LogP contribution in [0.5, 0.6) is 0 Å². The predicted octanol–water partition coefficient (Wildman–Crippen LogP) is 1.06. The van der Waals surface area contributed by atoms with Crippen LogP contribution in [0.15, 0.2) is 0 Å². The number of alkyl halides is 1. The van der Waals surface area contributed by atoms with E-state index in [0.29, 0.717) is 4.43 Å². The molecular formula is C8H17IN2O. The lowest BCUT2D eigenvalue weighted by molar-refractivity contribution is -0.115. The SMILES string of the molecule is CC1CCCCN1.NC(=O)CI. The number of carbonyl (C=O) groups is 1. The molecule has 4 heteroatoms. The summed E-state index contributed by atoms with van der Waals surface area (Å²) in [6, 6.07) is 0.786. The minimum Gasteiger partial charge on any atom is -0.369 e. The highest BCUT2D eigenvalue weighted by molar-refractivity contribution is 14.1. The van der Waals surface area contributed by atoms with Crippen LogP contribution in [0.3, 0.4) is 0 Å². The fraction of sp³-hybridized carbons (Fsp3) is 0.875. The Hall–Kier alpha value is 0.160. The minimum atomic E-state index is -0.259. The van der Waals surface area contributed by atoms with Gasteiger partial charge in [0.2, 0.25) is 5.91 Å². The van der Waals surface area contributed by atoms with Gasteiger partial charge in [-0.15, -0.1) is 0 Å². The third-order valence-electron chi connectivity index (χ3n) is 1.69. The van der Waals surface area contributed by atoms with Gasteiger partial charge in [-0.25, -0.2) is 0 Å². The maximum absolute atomic E-state index is 9.58. The summed E-state index contributed by atoms with van der Waals surface area (Å²) in [4.78, 5) is 9.58. The topological polar surface area (TPSA) is 55.1 Å². The molecule has 1 unspecified atom stereocenters. The molecule has 0 radical (unpaired) electrons. The smallest absolute Gasteiger partial charge is 0.227 e. The van der Waals surface area contributed by atoms with Gasteiger partial charge in [-0.2, -0.15) is 0 Å². The van der Waals surface area contributed by atoms with Crippen molar-refractivity contribution in [2.75, 3.05) is 11.0 Å². The number of carbonyl (C=O) groups excluding carboxylic acids is 1. The molecule has 1 atom stereocenters. The van der Waals surface area contributed by atoms with Crippen molar-refractivity contribution in [3.63, 3.8) is 0 Å². The Kier molecular flexibility index (Phi) is 7.89. The van der Waals surface area contributed by atoms with Crippen molar-refractivity contribution in [2.24, 2.45) is 5.73 Å². The van der Waals surface area contributed by atoms with Crippen LogP contribution in [0, 0.1) is 0 Å². The van der Waals surface area contributed by atoms with Crippen molar-refractivity contribution in [1.29, 1.82) is 0 Å². The molecule has 1 amide bonds. The van der Waals surface area contributed by atoms with Gasteiger partial charge in [-0.3, -0.25) is 4.79 Å². The maximum atomic E-state index is 9.58. The minimum absolute atomic E-state index is 0.259. The molecule has 1 saturated heterocycles. The van der Waals surface area contributed by atoms with Crippen LogP contribution in [0.4, 0.5) is 0 Å². The average Bonchev–Trinajstić information content (AvgIpc) is 2.07. The van der Waals surface area contributed by atoms with Crippen LogP contribution in [-0.2, 0) is 4.79 Å². The van der Waals surface area contributed by atoms with Crippen LogP contribution < -0.4 is 11.1 Å². The average molecular weight is 284 g/mol. The Bertz CT molecular complexity index is 124. The van der Waals surface area contributed by atoms with Gasteiger partial charge >= 0.3 is 0 Å². The summed E-state index contributed by atoms with van der Waals surface area (Å²) in [7, 11) is 0. The number of nitrogens with two attached hydrogens (primary N) is 1. The van der Waals surface area contributed by atoms with E-state index in [4.69, 9.17) is 0 Å². The summed E-state index contributed by atoms with van der Waals surface area (Å²) < 4.78 is 0.414. The molecular weight excluding hydrogens is 267 g/mol. The third-order valence-corrected chi connectivity index (χ3v) is 2.44. The van der Waals surface area contributed by atoms with E-state index in [0.717, 1.165) is 6.04 Å². The Morgan fingerprint density at radius 3 is 2.42 bits per heavy atom. The molecule has 1 fully saturated rings. The van der Waals surface area contributed by atoms with Crippen LogP contribution >= 0.6 is 22.6 Å². The first-order valence-electron chi connectivity index (χ1n) is 4.24. The Morgan fingerprint density at radius 2 is 2.25 bits per heavy atom. The number of primary amides is 1. The van der Waals surface area contributed by atoms with E-state index in [1.54, 1.807) is 0 Å². The second-order valence-corrected chi connectivity index (χ2v) is 3.71. The van der Waals surface area contributed by atoms with Gasteiger partial charge in [-0.05, 0) is 26.3 Å². The Labute approximate surface area is 87.6 Å². The molecule has 12 heavy (non-hydrogen) atoms. The van der Waals surface area contributed by atoms with Crippen molar-refractivity contribution < 1.29 is 4.79 Å².